The second-order valence-corrected chi connectivity index (χ2v) is 6.83. The monoisotopic (exact) mass is 287 g/mol. The summed E-state index contributed by atoms with van der Waals surface area (Å²) in [7, 11) is -3.20. The van der Waals surface area contributed by atoms with Gasteiger partial charge in [-0.15, -0.1) is 11.3 Å². The van der Waals surface area contributed by atoms with Crippen LogP contribution in [0.3, 0.4) is 0 Å². The van der Waals surface area contributed by atoms with Gasteiger partial charge in [0.2, 0.25) is 0 Å². The molecule has 2 heterocycles. The van der Waals surface area contributed by atoms with E-state index in [0.717, 1.165) is 0 Å². The molecule has 0 aromatic carbocycles. The Hall–Kier alpha value is -1.18. The van der Waals surface area contributed by atoms with Crippen molar-refractivity contribution in [3.05, 3.63) is 29.5 Å². The number of furan rings is 1. The number of aliphatic hydroxyl groups excluding tert-OH is 1. The fourth-order valence-corrected chi connectivity index (χ4v) is 3.67. The lowest BCUT2D eigenvalue weighted by Gasteiger charge is -1.99. The Morgan fingerprint density at radius 1 is 1.44 bits per heavy atom. The van der Waals surface area contributed by atoms with E-state index < -0.39 is 9.84 Å². The summed E-state index contributed by atoms with van der Waals surface area (Å²) in [6.07, 6.45) is 1.81. The second kappa shape index (κ2) is 5.64. The first-order valence-corrected chi connectivity index (χ1v) is 8.10. The molecule has 0 unspecified atom stereocenters. The van der Waals surface area contributed by atoms with Crippen LogP contribution in [0.15, 0.2) is 28.2 Å². The summed E-state index contributed by atoms with van der Waals surface area (Å²) in [4.78, 5) is 4.23. The first-order valence-electron chi connectivity index (χ1n) is 5.40. The molecule has 2 rings (SSSR count). The van der Waals surface area contributed by atoms with E-state index >= 15 is 0 Å². The minimum atomic E-state index is -3.20. The molecule has 0 spiro atoms. The van der Waals surface area contributed by atoms with Crippen LogP contribution in [0, 0.1) is 0 Å². The predicted octanol–water partition coefficient (Wildman–Crippen LogP) is 1.70. The summed E-state index contributed by atoms with van der Waals surface area (Å²) in [5.41, 5.74) is 0.518. The van der Waals surface area contributed by atoms with Gasteiger partial charge >= 0.3 is 0 Å². The third kappa shape index (κ3) is 3.41. The first-order chi connectivity index (χ1) is 8.61. The first kappa shape index (κ1) is 13.3. The SMILES string of the molecule is O=S(=O)(CCCO)Cc1csc(-c2ccco2)n1. The van der Waals surface area contributed by atoms with E-state index in [-0.39, 0.29) is 24.5 Å². The molecular formula is C11H13NO4S2. The molecule has 0 saturated carbocycles. The van der Waals surface area contributed by atoms with Crippen LogP contribution < -0.4 is 0 Å². The number of aliphatic hydroxyl groups is 1. The average Bonchev–Trinajstić information content (AvgIpc) is 2.95. The number of hydrogen-bond donors (Lipinski definition) is 1. The smallest absolute Gasteiger partial charge is 0.162 e. The van der Waals surface area contributed by atoms with Crippen molar-refractivity contribution in [3.8, 4) is 10.8 Å². The van der Waals surface area contributed by atoms with Crippen LogP contribution >= 0.6 is 11.3 Å². The van der Waals surface area contributed by atoms with Gasteiger partial charge in [0.25, 0.3) is 0 Å². The molecule has 1 N–H and O–H groups in total. The van der Waals surface area contributed by atoms with E-state index in [0.29, 0.717) is 16.5 Å². The molecule has 0 aliphatic heterocycles. The number of thiazole rings is 1. The zero-order valence-corrected chi connectivity index (χ0v) is 11.2. The van der Waals surface area contributed by atoms with Crippen molar-refractivity contribution >= 4 is 21.2 Å². The van der Waals surface area contributed by atoms with Crippen LogP contribution in [0.4, 0.5) is 0 Å². The molecule has 5 nitrogen and oxygen atoms in total. The highest BCUT2D eigenvalue weighted by molar-refractivity contribution is 7.90. The minimum Gasteiger partial charge on any atom is -0.462 e. The summed E-state index contributed by atoms with van der Waals surface area (Å²) < 4.78 is 28.6. The van der Waals surface area contributed by atoms with Gasteiger partial charge in [0.05, 0.1) is 23.5 Å². The number of hydrogen-bond acceptors (Lipinski definition) is 6. The molecule has 18 heavy (non-hydrogen) atoms. The maximum absolute atomic E-state index is 11.7. The Balaban J connectivity index is 2.07. The molecule has 0 bridgehead atoms. The van der Waals surface area contributed by atoms with Gasteiger partial charge in [-0.25, -0.2) is 13.4 Å². The van der Waals surface area contributed by atoms with Crippen LogP contribution in [-0.4, -0.2) is 30.9 Å². The Morgan fingerprint density at radius 2 is 2.28 bits per heavy atom. The molecule has 0 amide bonds. The molecular weight excluding hydrogens is 274 g/mol. The summed E-state index contributed by atoms with van der Waals surface area (Å²) >= 11 is 1.35. The summed E-state index contributed by atoms with van der Waals surface area (Å²) in [6, 6.07) is 3.54. The maximum atomic E-state index is 11.7. The van der Waals surface area contributed by atoms with Gasteiger partial charge in [-0.1, -0.05) is 0 Å². The van der Waals surface area contributed by atoms with E-state index in [2.05, 4.69) is 4.98 Å². The lowest BCUT2D eigenvalue weighted by atomic mass is 10.5. The van der Waals surface area contributed by atoms with Crippen LogP contribution in [0.25, 0.3) is 10.8 Å². The highest BCUT2D eigenvalue weighted by Gasteiger charge is 2.15. The number of aromatic nitrogens is 1. The van der Waals surface area contributed by atoms with Crippen LogP contribution in [0.2, 0.25) is 0 Å². The molecule has 0 aliphatic carbocycles. The molecule has 0 aliphatic rings. The summed E-state index contributed by atoms with van der Waals surface area (Å²) in [5, 5.41) is 11.0. The van der Waals surface area contributed by atoms with Crippen molar-refractivity contribution in [2.45, 2.75) is 12.2 Å². The zero-order chi connectivity index (χ0) is 13.0. The largest absolute Gasteiger partial charge is 0.462 e. The molecule has 7 heteroatoms. The molecule has 2 aromatic rings. The third-order valence-corrected chi connectivity index (χ3v) is 4.82. The quantitative estimate of drug-likeness (QED) is 0.874. The second-order valence-electron chi connectivity index (χ2n) is 3.79. The third-order valence-electron chi connectivity index (χ3n) is 2.26. The lowest BCUT2D eigenvalue weighted by molar-refractivity contribution is 0.295. The van der Waals surface area contributed by atoms with E-state index in [1.165, 1.54) is 11.3 Å². The fraction of sp³-hybridized carbons (Fsp3) is 0.364. The fourth-order valence-electron chi connectivity index (χ4n) is 1.47. The standard InChI is InChI=1S/C11H13NO4S2/c13-4-2-6-18(14,15)8-9-7-17-11(12-9)10-3-1-5-16-10/h1,3,5,7,13H,2,4,6,8H2. The number of rotatable bonds is 6. The molecule has 0 fully saturated rings. The van der Waals surface area contributed by atoms with E-state index in [1.807, 2.05) is 0 Å². The highest BCUT2D eigenvalue weighted by Crippen LogP contribution is 2.24. The Kier molecular flexibility index (Phi) is 4.15. The van der Waals surface area contributed by atoms with Crippen LogP contribution in [0.1, 0.15) is 12.1 Å². The van der Waals surface area contributed by atoms with E-state index in [4.69, 9.17) is 9.52 Å². The van der Waals surface area contributed by atoms with E-state index in [1.54, 1.807) is 23.8 Å². The van der Waals surface area contributed by atoms with Gasteiger partial charge in [0.1, 0.15) is 0 Å². The van der Waals surface area contributed by atoms with Gasteiger partial charge in [-0.05, 0) is 18.6 Å². The van der Waals surface area contributed by atoms with Crippen molar-refractivity contribution in [2.24, 2.45) is 0 Å². The zero-order valence-electron chi connectivity index (χ0n) is 9.57. The molecule has 98 valence electrons. The Morgan fingerprint density at radius 3 is 2.94 bits per heavy atom. The van der Waals surface area contributed by atoms with Crippen molar-refractivity contribution in [1.82, 2.24) is 4.98 Å². The molecule has 0 atom stereocenters. The molecule has 0 radical (unpaired) electrons. The predicted molar refractivity (Wildman–Crippen MR) is 69.0 cm³/mol. The summed E-state index contributed by atoms with van der Waals surface area (Å²) in [5.74, 6) is 0.528. The normalized spacial score (nSPS) is 11.8. The minimum absolute atomic E-state index is 0.0168. The lowest BCUT2D eigenvalue weighted by Crippen LogP contribution is -2.10. The van der Waals surface area contributed by atoms with Gasteiger partial charge < -0.3 is 9.52 Å². The van der Waals surface area contributed by atoms with Crippen molar-refractivity contribution in [2.75, 3.05) is 12.4 Å². The van der Waals surface area contributed by atoms with Gasteiger partial charge in [-0.2, -0.15) is 0 Å². The van der Waals surface area contributed by atoms with Crippen molar-refractivity contribution in [3.63, 3.8) is 0 Å². The van der Waals surface area contributed by atoms with Gasteiger partial charge in [-0.3, -0.25) is 0 Å². The van der Waals surface area contributed by atoms with Gasteiger partial charge in [0, 0.05) is 12.0 Å². The average molecular weight is 287 g/mol. The Bertz CT molecular complexity index is 586. The summed E-state index contributed by atoms with van der Waals surface area (Å²) in [6.45, 7) is -0.117. The van der Waals surface area contributed by atoms with E-state index in [9.17, 15) is 8.42 Å². The molecule has 2 aromatic heterocycles. The molecule has 0 saturated heterocycles. The van der Waals surface area contributed by atoms with Crippen molar-refractivity contribution < 1.29 is 17.9 Å². The van der Waals surface area contributed by atoms with Crippen LogP contribution in [-0.2, 0) is 15.6 Å². The number of sulfone groups is 1. The topological polar surface area (TPSA) is 80.4 Å². The maximum Gasteiger partial charge on any atom is 0.162 e. The number of nitrogens with zero attached hydrogens (tertiary/aromatic N) is 1. The van der Waals surface area contributed by atoms with Gasteiger partial charge in [0.15, 0.2) is 20.6 Å². The van der Waals surface area contributed by atoms with Crippen molar-refractivity contribution in [1.29, 1.82) is 0 Å². The van der Waals surface area contributed by atoms with Crippen LogP contribution in [0.5, 0.6) is 0 Å². The Labute approximate surface area is 109 Å². The highest BCUT2D eigenvalue weighted by atomic mass is 32.2.